The first-order valence-electron chi connectivity index (χ1n) is 8.41. The summed E-state index contributed by atoms with van der Waals surface area (Å²) < 4.78 is 6.07. The van der Waals surface area contributed by atoms with Gasteiger partial charge in [-0.15, -0.1) is 0 Å². The summed E-state index contributed by atoms with van der Waals surface area (Å²) in [4.78, 5) is 10.4. The minimum absolute atomic E-state index is 0.616. The molecule has 1 aliphatic rings. The fourth-order valence-corrected chi connectivity index (χ4v) is 3.39. The van der Waals surface area contributed by atoms with Crippen LogP contribution in [0.3, 0.4) is 0 Å². The Kier molecular flexibility index (Phi) is 4.59. The van der Waals surface area contributed by atoms with Crippen LogP contribution in [0, 0.1) is 4.64 Å². The molecule has 1 fully saturated rings. The number of aromatic nitrogens is 2. The van der Waals surface area contributed by atoms with Crippen molar-refractivity contribution in [3.05, 3.63) is 65.3 Å². The third-order valence-corrected chi connectivity index (χ3v) is 4.64. The molecule has 4 rings (SSSR count). The molecule has 2 heterocycles. The predicted octanol–water partition coefficient (Wildman–Crippen LogP) is 4.31. The van der Waals surface area contributed by atoms with Crippen molar-refractivity contribution in [3.8, 4) is 22.4 Å². The van der Waals surface area contributed by atoms with Crippen molar-refractivity contribution in [2.75, 3.05) is 31.2 Å². The summed E-state index contributed by atoms with van der Waals surface area (Å²) in [5.41, 5.74) is 4.15. The van der Waals surface area contributed by atoms with E-state index in [-0.39, 0.29) is 0 Å². The number of nitrogens with one attached hydrogen (secondary N) is 1. The largest absolute Gasteiger partial charge is 0.378 e. The van der Waals surface area contributed by atoms with Gasteiger partial charge in [-0.1, -0.05) is 72.9 Å². The van der Waals surface area contributed by atoms with Crippen LogP contribution in [0.25, 0.3) is 22.4 Å². The van der Waals surface area contributed by atoms with Crippen LogP contribution < -0.4 is 4.90 Å². The molecule has 4 nitrogen and oxygen atoms in total. The molecule has 1 N–H and O–H groups in total. The smallest absolute Gasteiger partial charge is 0.204 e. The zero-order valence-electron chi connectivity index (χ0n) is 13.8. The van der Waals surface area contributed by atoms with Crippen molar-refractivity contribution < 1.29 is 4.74 Å². The van der Waals surface area contributed by atoms with Crippen molar-refractivity contribution in [2.45, 2.75) is 0 Å². The number of morpholine rings is 1. The molecule has 0 bridgehead atoms. The Labute approximate surface area is 152 Å². The third-order valence-electron chi connectivity index (χ3n) is 4.34. The summed E-state index contributed by atoms with van der Waals surface area (Å²) in [6, 6.07) is 20.5. The summed E-state index contributed by atoms with van der Waals surface area (Å²) in [7, 11) is 0. The van der Waals surface area contributed by atoms with Gasteiger partial charge in [0.05, 0.1) is 18.9 Å². The first-order chi connectivity index (χ1) is 12.3. The summed E-state index contributed by atoms with van der Waals surface area (Å²) in [6.45, 7) is 3.06. The van der Waals surface area contributed by atoms with Gasteiger partial charge in [-0.25, -0.2) is 4.98 Å². The number of ether oxygens (including phenoxy) is 1. The maximum absolute atomic E-state index is 5.69. The molecule has 0 saturated carbocycles. The van der Waals surface area contributed by atoms with E-state index in [9.17, 15) is 0 Å². The highest BCUT2D eigenvalue weighted by Crippen LogP contribution is 2.32. The highest BCUT2D eigenvalue weighted by molar-refractivity contribution is 7.71. The first kappa shape index (κ1) is 16.0. The molecular weight excluding hydrogens is 330 g/mol. The highest BCUT2D eigenvalue weighted by Gasteiger charge is 2.18. The van der Waals surface area contributed by atoms with Crippen LogP contribution in [0.4, 0.5) is 5.95 Å². The number of hydrogen-bond acceptors (Lipinski definition) is 4. The van der Waals surface area contributed by atoms with E-state index in [0.717, 1.165) is 41.4 Å². The number of hydrogen-bond donors (Lipinski definition) is 1. The Balaban J connectivity index is 1.90. The van der Waals surface area contributed by atoms with Crippen LogP contribution in [0.5, 0.6) is 0 Å². The fraction of sp³-hybridized carbons (Fsp3) is 0.200. The molecule has 1 aliphatic heterocycles. The normalized spacial score (nSPS) is 14.5. The van der Waals surface area contributed by atoms with E-state index in [2.05, 4.69) is 39.1 Å². The monoisotopic (exact) mass is 349 g/mol. The zero-order chi connectivity index (χ0) is 17.1. The van der Waals surface area contributed by atoms with Gasteiger partial charge in [0.25, 0.3) is 0 Å². The minimum atomic E-state index is 0.616. The molecule has 0 radical (unpaired) electrons. The number of H-pyrrole nitrogens is 1. The van der Waals surface area contributed by atoms with E-state index < -0.39 is 0 Å². The van der Waals surface area contributed by atoms with Crippen molar-refractivity contribution >= 4 is 18.2 Å². The zero-order valence-corrected chi connectivity index (χ0v) is 14.6. The Morgan fingerprint density at radius 3 is 2.12 bits per heavy atom. The molecule has 2 aromatic carbocycles. The summed E-state index contributed by atoms with van der Waals surface area (Å²) in [5.74, 6) is 0.812. The van der Waals surface area contributed by atoms with E-state index in [1.807, 2.05) is 36.4 Å². The van der Waals surface area contributed by atoms with Gasteiger partial charge in [0, 0.05) is 18.7 Å². The number of rotatable bonds is 3. The molecule has 1 saturated heterocycles. The van der Waals surface area contributed by atoms with E-state index >= 15 is 0 Å². The second-order valence-corrected chi connectivity index (χ2v) is 6.33. The van der Waals surface area contributed by atoms with Gasteiger partial charge in [-0.3, -0.25) is 0 Å². The molecule has 0 atom stereocenters. The number of benzene rings is 2. The summed E-state index contributed by atoms with van der Waals surface area (Å²) >= 11 is 5.69. The molecule has 1 aromatic heterocycles. The van der Waals surface area contributed by atoms with Gasteiger partial charge in [0.1, 0.15) is 4.64 Å². The van der Waals surface area contributed by atoms with Crippen LogP contribution >= 0.6 is 12.2 Å². The number of nitrogens with zero attached hydrogens (tertiary/aromatic N) is 2. The lowest BCUT2D eigenvalue weighted by Gasteiger charge is -2.28. The average molecular weight is 349 g/mol. The van der Waals surface area contributed by atoms with Gasteiger partial charge in [0.2, 0.25) is 5.95 Å². The van der Waals surface area contributed by atoms with Crippen molar-refractivity contribution in [1.29, 1.82) is 0 Å². The second kappa shape index (κ2) is 7.17. The Morgan fingerprint density at radius 2 is 1.48 bits per heavy atom. The quantitative estimate of drug-likeness (QED) is 0.716. The van der Waals surface area contributed by atoms with Gasteiger partial charge in [-0.2, -0.15) is 0 Å². The van der Waals surface area contributed by atoms with Crippen LogP contribution in [0.1, 0.15) is 0 Å². The van der Waals surface area contributed by atoms with Gasteiger partial charge in [0.15, 0.2) is 0 Å². The van der Waals surface area contributed by atoms with Crippen molar-refractivity contribution in [2.24, 2.45) is 0 Å². The van der Waals surface area contributed by atoms with E-state index in [1.165, 1.54) is 0 Å². The Bertz CT molecular complexity index is 903. The molecule has 5 heteroatoms. The third kappa shape index (κ3) is 3.34. The van der Waals surface area contributed by atoms with E-state index in [4.69, 9.17) is 17.0 Å². The lowest BCUT2D eigenvalue weighted by atomic mass is 10.0. The molecule has 0 spiro atoms. The Hall–Kier alpha value is -2.50. The van der Waals surface area contributed by atoms with Crippen LogP contribution in [0.15, 0.2) is 60.7 Å². The lowest BCUT2D eigenvalue weighted by Crippen LogP contribution is -2.37. The van der Waals surface area contributed by atoms with E-state index in [1.54, 1.807) is 0 Å². The predicted molar refractivity (Wildman–Crippen MR) is 103 cm³/mol. The van der Waals surface area contributed by atoms with Gasteiger partial charge in [-0.05, 0) is 11.1 Å². The number of aromatic amines is 1. The van der Waals surface area contributed by atoms with Crippen LogP contribution in [-0.4, -0.2) is 36.3 Å². The molecule has 0 unspecified atom stereocenters. The first-order valence-corrected chi connectivity index (χ1v) is 8.81. The van der Waals surface area contributed by atoms with Gasteiger partial charge >= 0.3 is 0 Å². The summed E-state index contributed by atoms with van der Waals surface area (Å²) in [5, 5.41) is 0. The van der Waals surface area contributed by atoms with Crippen molar-refractivity contribution in [3.63, 3.8) is 0 Å². The standard InChI is InChI=1S/C20H19N3OS/c25-19-17(15-7-3-1-4-8-15)18(16-9-5-2-6-10-16)21-20(22-19)23-11-13-24-14-12-23/h1-10H,11-14H2,(H,21,22,25). The summed E-state index contributed by atoms with van der Waals surface area (Å²) in [6.07, 6.45) is 0. The fourth-order valence-electron chi connectivity index (χ4n) is 3.08. The topological polar surface area (TPSA) is 41.2 Å². The SMILES string of the molecule is S=c1nc(N2CCOCC2)[nH]c(-c2ccccc2)c1-c1ccccc1. The van der Waals surface area contributed by atoms with Gasteiger partial charge < -0.3 is 14.6 Å². The molecular formula is C20H19N3OS. The average Bonchev–Trinajstić information content (AvgIpc) is 2.69. The van der Waals surface area contributed by atoms with E-state index in [0.29, 0.717) is 17.9 Å². The molecule has 126 valence electrons. The minimum Gasteiger partial charge on any atom is -0.378 e. The Morgan fingerprint density at radius 1 is 0.880 bits per heavy atom. The van der Waals surface area contributed by atoms with Crippen LogP contribution in [0.2, 0.25) is 0 Å². The lowest BCUT2D eigenvalue weighted by molar-refractivity contribution is 0.122. The maximum Gasteiger partial charge on any atom is 0.204 e. The second-order valence-electron chi connectivity index (χ2n) is 5.95. The highest BCUT2D eigenvalue weighted by atomic mass is 32.1. The molecule has 25 heavy (non-hydrogen) atoms. The number of anilines is 1. The molecule has 0 amide bonds. The maximum atomic E-state index is 5.69. The van der Waals surface area contributed by atoms with Crippen LogP contribution in [-0.2, 0) is 4.74 Å². The molecule has 3 aromatic rings. The molecule has 0 aliphatic carbocycles. The van der Waals surface area contributed by atoms with Crippen molar-refractivity contribution in [1.82, 2.24) is 9.97 Å².